The van der Waals surface area contributed by atoms with Crippen molar-refractivity contribution in [1.29, 1.82) is 0 Å². The third-order valence-corrected chi connectivity index (χ3v) is 4.09. The summed E-state index contributed by atoms with van der Waals surface area (Å²) in [6.07, 6.45) is 5.43. The van der Waals surface area contributed by atoms with Crippen molar-refractivity contribution >= 4 is 17.2 Å². The predicted octanol–water partition coefficient (Wildman–Crippen LogP) is 2.19. The average Bonchev–Trinajstić information content (AvgIpc) is 2.99. The molecule has 0 aliphatic heterocycles. The second-order valence-electron chi connectivity index (χ2n) is 5.83. The minimum atomic E-state index is -0.600. The summed E-state index contributed by atoms with van der Waals surface area (Å²) in [5, 5.41) is 16.2. The molecule has 23 heavy (non-hydrogen) atoms. The van der Waals surface area contributed by atoms with Crippen LogP contribution in [0.3, 0.4) is 0 Å². The van der Waals surface area contributed by atoms with E-state index in [0.717, 1.165) is 12.8 Å². The largest absolute Gasteiger partial charge is 0.467 e. The van der Waals surface area contributed by atoms with Gasteiger partial charge in [0.2, 0.25) is 0 Å². The number of unbranched alkanes of at least 4 members (excludes halogenated alkanes) is 3. The van der Waals surface area contributed by atoms with E-state index in [4.69, 9.17) is 4.74 Å². The zero-order valence-corrected chi connectivity index (χ0v) is 15.1. The van der Waals surface area contributed by atoms with Crippen LogP contribution in [0.4, 0.5) is 0 Å². The monoisotopic (exact) mass is 343 g/mol. The molecular formula is C16H29N3O3S. The van der Waals surface area contributed by atoms with Crippen molar-refractivity contribution in [3.05, 3.63) is 11.1 Å². The van der Waals surface area contributed by atoms with Crippen molar-refractivity contribution in [2.45, 2.75) is 58.6 Å². The van der Waals surface area contributed by atoms with Crippen LogP contribution in [0.25, 0.3) is 0 Å². The maximum absolute atomic E-state index is 12.0. The molecule has 7 heteroatoms. The first-order valence-corrected chi connectivity index (χ1v) is 9.12. The molecule has 1 atom stereocenters. The molecule has 0 spiro atoms. The molecule has 1 rings (SSSR count). The van der Waals surface area contributed by atoms with Gasteiger partial charge in [0.05, 0.1) is 6.20 Å². The first-order valence-electron chi connectivity index (χ1n) is 8.31. The van der Waals surface area contributed by atoms with Gasteiger partial charge >= 0.3 is 0 Å². The van der Waals surface area contributed by atoms with Crippen molar-refractivity contribution < 1.29 is 14.6 Å². The van der Waals surface area contributed by atoms with Crippen LogP contribution in [-0.2, 0) is 0 Å². The van der Waals surface area contributed by atoms with Crippen molar-refractivity contribution in [2.75, 3.05) is 19.7 Å². The fourth-order valence-corrected chi connectivity index (χ4v) is 2.56. The molecule has 1 amide bonds. The Kier molecular flexibility index (Phi) is 9.82. The summed E-state index contributed by atoms with van der Waals surface area (Å²) in [5.74, 6) is -0.115. The number of nitrogens with zero attached hydrogens (tertiary/aromatic N) is 1. The van der Waals surface area contributed by atoms with E-state index >= 15 is 0 Å². The van der Waals surface area contributed by atoms with E-state index in [1.807, 2.05) is 13.8 Å². The molecule has 3 N–H and O–H groups in total. The molecule has 132 valence electrons. The van der Waals surface area contributed by atoms with Gasteiger partial charge in [0.15, 0.2) is 0 Å². The molecule has 0 aliphatic carbocycles. The summed E-state index contributed by atoms with van der Waals surface area (Å²) in [6, 6.07) is 0.317. The lowest BCUT2D eigenvalue weighted by Gasteiger charge is -2.13. The highest BCUT2D eigenvalue weighted by Gasteiger charge is 2.12. The van der Waals surface area contributed by atoms with Gasteiger partial charge in [-0.1, -0.05) is 51.4 Å². The van der Waals surface area contributed by atoms with Crippen LogP contribution in [0, 0.1) is 0 Å². The highest BCUT2D eigenvalue weighted by Crippen LogP contribution is 2.20. The number of carbonyl (C=O) groups is 1. The molecule has 0 radical (unpaired) electrons. The summed E-state index contributed by atoms with van der Waals surface area (Å²) in [4.78, 5) is 16.5. The highest BCUT2D eigenvalue weighted by molar-refractivity contribution is 7.15. The Morgan fingerprint density at radius 2 is 2.17 bits per heavy atom. The van der Waals surface area contributed by atoms with E-state index < -0.39 is 6.10 Å². The number of carbonyl (C=O) groups excluding carboxylic acids is 1. The minimum Gasteiger partial charge on any atom is -0.467 e. The summed E-state index contributed by atoms with van der Waals surface area (Å²) >= 11 is 1.20. The summed E-state index contributed by atoms with van der Waals surface area (Å²) in [7, 11) is 0. The third-order valence-electron chi connectivity index (χ3n) is 3.19. The van der Waals surface area contributed by atoms with E-state index in [1.165, 1.54) is 30.4 Å². The number of aliphatic hydroxyl groups excluding tert-OH is 1. The molecule has 1 aromatic heterocycles. The fourth-order valence-electron chi connectivity index (χ4n) is 1.87. The Morgan fingerprint density at radius 1 is 1.39 bits per heavy atom. The van der Waals surface area contributed by atoms with Crippen molar-refractivity contribution in [3.8, 4) is 5.19 Å². The topological polar surface area (TPSA) is 83.5 Å². The van der Waals surface area contributed by atoms with Crippen LogP contribution < -0.4 is 15.4 Å². The van der Waals surface area contributed by atoms with Crippen LogP contribution in [0.5, 0.6) is 5.19 Å². The standard InChI is InChI=1S/C16H29N3O3S/c1-4-5-6-7-8-17-15(21)14-10-19-16(23-14)22-11-13(20)9-18-12(2)3/h10,12-13,18,20H,4-9,11H2,1-3H3,(H,17,21). The Labute approximate surface area is 142 Å². The Balaban J connectivity index is 2.26. The number of thiazole rings is 1. The van der Waals surface area contributed by atoms with Crippen LogP contribution in [0.2, 0.25) is 0 Å². The lowest BCUT2D eigenvalue weighted by molar-refractivity contribution is 0.0956. The van der Waals surface area contributed by atoms with Crippen molar-refractivity contribution in [1.82, 2.24) is 15.6 Å². The number of ether oxygens (including phenoxy) is 1. The second-order valence-corrected chi connectivity index (χ2v) is 6.83. The van der Waals surface area contributed by atoms with Gasteiger partial charge in [-0.2, -0.15) is 0 Å². The van der Waals surface area contributed by atoms with Crippen molar-refractivity contribution in [3.63, 3.8) is 0 Å². The SMILES string of the molecule is CCCCCCNC(=O)c1cnc(OCC(O)CNC(C)C)s1. The third kappa shape index (κ3) is 8.88. The first-order chi connectivity index (χ1) is 11.0. The fraction of sp³-hybridized carbons (Fsp3) is 0.750. The normalized spacial score (nSPS) is 12.4. The van der Waals surface area contributed by atoms with Gasteiger partial charge in [0.25, 0.3) is 11.1 Å². The van der Waals surface area contributed by atoms with Gasteiger partial charge in [-0.25, -0.2) is 4.98 Å². The maximum atomic E-state index is 12.0. The highest BCUT2D eigenvalue weighted by atomic mass is 32.1. The van der Waals surface area contributed by atoms with Crippen LogP contribution >= 0.6 is 11.3 Å². The average molecular weight is 343 g/mol. The number of nitrogens with one attached hydrogen (secondary N) is 2. The predicted molar refractivity (Wildman–Crippen MR) is 93.2 cm³/mol. The molecular weight excluding hydrogens is 314 g/mol. The number of rotatable bonds is 12. The van der Waals surface area contributed by atoms with Gasteiger partial charge in [-0.05, 0) is 6.42 Å². The number of aromatic nitrogens is 1. The Hall–Kier alpha value is -1.18. The molecule has 0 aliphatic rings. The molecule has 1 heterocycles. The molecule has 0 bridgehead atoms. The van der Waals surface area contributed by atoms with Gasteiger partial charge in [-0.3, -0.25) is 4.79 Å². The lowest BCUT2D eigenvalue weighted by Crippen LogP contribution is -2.35. The van der Waals surface area contributed by atoms with Gasteiger partial charge in [0, 0.05) is 19.1 Å². The molecule has 0 saturated heterocycles. The summed E-state index contributed by atoms with van der Waals surface area (Å²) in [6.45, 7) is 7.50. The van der Waals surface area contributed by atoms with Crippen LogP contribution in [-0.4, -0.2) is 47.8 Å². The van der Waals surface area contributed by atoms with E-state index in [1.54, 1.807) is 0 Å². The van der Waals surface area contributed by atoms with Gasteiger partial charge in [-0.15, -0.1) is 0 Å². The molecule has 0 aromatic carbocycles. The Bertz CT molecular complexity index is 452. The number of amides is 1. The minimum absolute atomic E-state index is 0.115. The smallest absolute Gasteiger partial charge is 0.273 e. The lowest BCUT2D eigenvalue weighted by atomic mass is 10.2. The van der Waals surface area contributed by atoms with E-state index in [9.17, 15) is 9.90 Å². The molecule has 1 aromatic rings. The number of aliphatic hydroxyl groups is 1. The van der Waals surface area contributed by atoms with E-state index in [0.29, 0.717) is 29.2 Å². The first kappa shape index (κ1) is 19.9. The van der Waals surface area contributed by atoms with E-state index in [2.05, 4.69) is 22.5 Å². The molecule has 0 fully saturated rings. The van der Waals surface area contributed by atoms with Gasteiger partial charge < -0.3 is 20.5 Å². The zero-order chi connectivity index (χ0) is 17.1. The van der Waals surface area contributed by atoms with Crippen LogP contribution in [0.1, 0.15) is 56.1 Å². The van der Waals surface area contributed by atoms with Crippen LogP contribution in [0.15, 0.2) is 6.20 Å². The van der Waals surface area contributed by atoms with Crippen molar-refractivity contribution in [2.24, 2.45) is 0 Å². The maximum Gasteiger partial charge on any atom is 0.273 e. The second kappa shape index (κ2) is 11.4. The molecule has 6 nitrogen and oxygen atoms in total. The number of hydrogen-bond donors (Lipinski definition) is 3. The summed E-state index contributed by atoms with van der Waals surface area (Å²) < 4.78 is 5.43. The molecule has 1 unspecified atom stereocenters. The Morgan fingerprint density at radius 3 is 2.87 bits per heavy atom. The molecule has 0 saturated carbocycles. The summed E-state index contributed by atoms with van der Waals surface area (Å²) in [5.41, 5.74) is 0. The van der Waals surface area contributed by atoms with E-state index in [-0.39, 0.29) is 12.5 Å². The number of hydrogen-bond acceptors (Lipinski definition) is 6. The van der Waals surface area contributed by atoms with Gasteiger partial charge in [0.1, 0.15) is 17.6 Å². The zero-order valence-electron chi connectivity index (χ0n) is 14.3. The quantitative estimate of drug-likeness (QED) is 0.507.